The normalized spacial score (nSPS) is 20.8. The highest BCUT2D eigenvalue weighted by Gasteiger charge is 2.40. The first kappa shape index (κ1) is 46.2. The minimum absolute atomic E-state index is 0.129. The molecule has 364 valence electrons. The lowest BCUT2D eigenvalue weighted by Crippen LogP contribution is -2.45. The van der Waals surface area contributed by atoms with Crippen LogP contribution in [0.1, 0.15) is 144 Å². The minimum Gasteiger partial charge on any atom is -0.478 e. The van der Waals surface area contributed by atoms with Crippen LogP contribution in [-0.2, 0) is 31.9 Å². The van der Waals surface area contributed by atoms with Gasteiger partial charge in [-0.25, -0.2) is 9.59 Å². The number of carboxylic acids is 2. The average molecular weight is 945 g/mol. The van der Waals surface area contributed by atoms with Gasteiger partial charge in [0.1, 0.15) is 12.1 Å². The summed E-state index contributed by atoms with van der Waals surface area (Å²) in [6.45, 7) is 4.71. The van der Waals surface area contributed by atoms with Gasteiger partial charge in [0, 0.05) is 37.0 Å². The highest BCUT2D eigenvalue weighted by molar-refractivity contribution is 6.04. The van der Waals surface area contributed by atoms with Gasteiger partial charge in [-0.15, -0.1) is 0 Å². The summed E-state index contributed by atoms with van der Waals surface area (Å²) in [7, 11) is 0. The van der Waals surface area contributed by atoms with E-state index in [4.69, 9.17) is 9.47 Å². The van der Waals surface area contributed by atoms with Gasteiger partial charge in [-0.3, -0.25) is 9.59 Å². The second-order valence-electron chi connectivity index (χ2n) is 20.2. The Morgan fingerprint density at radius 1 is 0.457 bits per heavy atom. The summed E-state index contributed by atoms with van der Waals surface area (Å²) in [5, 5.41) is 22.3. The quantitative estimate of drug-likeness (QED) is 0.154. The topological polar surface area (TPSA) is 144 Å². The molecule has 4 fully saturated rings. The van der Waals surface area contributed by atoms with E-state index in [0.29, 0.717) is 101 Å². The van der Waals surface area contributed by atoms with Crippen molar-refractivity contribution in [3.63, 3.8) is 0 Å². The molecule has 6 aromatic rings. The monoisotopic (exact) mass is 944 g/mol. The van der Waals surface area contributed by atoms with Crippen molar-refractivity contribution in [1.82, 2.24) is 18.9 Å². The maximum Gasteiger partial charge on any atom is 0.336 e. The number of hydrogen-bond acceptors (Lipinski definition) is 6. The lowest BCUT2D eigenvalue weighted by molar-refractivity contribution is -0.139. The standard InChI is InChI=1S/2C29H32N2O4/c2*32-28(30-15-17-35-18-16-30)24-14-13-21-22(29(33)34)11-12-23-25(19-7-3-1-4-8-19)26(31(24)27(21)23)20-9-5-2-6-10-20/h2*2,5-6,9-12,19,24H,1,3-4,7-8,13-18H2,(H,33,34)/t2*24-/m10/s1. The number of aromatic nitrogens is 2. The first-order valence-corrected chi connectivity index (χ1v) is 26.0. The Morgan fingerprint density at radius 3 is 1.19 bits per heavy atom. The van der Waals surface area contributed by atoms with E-state index in [-0.39, 0.29) is 23.9 Å². The number of carbonyl (C=O) groups is 4. The molecule has 2 atom stereocenters. The molecule has 6 aliphatic rings. The molecule has 4 aromatic carbocycles. The van der Waals surface area contributed by atoms with E-state index >= 15 is 0 Å². The largest absolute Gasteiger partial charge is 0.478 e. The summed E-state index contributed by atoms with van der Waals surface area (Å²) in [5.41, 5.74) is 11.5. The predicted octanol–water partition coefficient (Wildman–Crippen LogP) is 10.8. The number of morpholine rings is 2. The minimum atomic E-state index is -0.895. The number of amides is 2. The fraction of sp³-hybridized carbons (Fsp3) is 0.448. The van der Waals surface area contributed by atoms with Gasteiger partial charge in [0.25, 0.3) is 0 Å². The Labute approximate surface area is 409 Å². The Balaban J connectivity index is 0.000000152. The number of benzene rings is 4. The lowest BCUT2D eigenvalue weighted by Gasteiger charge is -2.34. The number of hydrogen-bond donors (Lipinski definition) is 2. The predicted molar refractivity (Wildman–Crippen MR) is 270 cm³/mol. The number of rotatable bonds is 8. The summed E-state index contributed by atoms with van der Waals surface area (Å²) in [6, 6.07) is 27.7. The lowest BCUT2D eigenvalue weighted by atomic mass is 9.81. The molecule has 12 heteroatoms. The van der Waals surface area contributed by atoms with E-state index in [2.05, 4.69) is 57.7 Å². The number of ether oxygens (including phenoxy) is 2. The molecular weight excluding hydrogens is 881 g/mol. The molecule has 0 spiro atoms. The van der Waals surface area contributed by atoms with Crippen LogP contribution >= 0.6 is 0 Å². The first-order valence-electron chi connectivity index (χ1n) is 26.0. The van der Waals surface area contributed by atoms with Crippen molar-refractivity contribution < 1.29 is 38.9 Å². The molecule has 12 nitrogen and oxygen atoms in total. The zero-order valence-corrected chi connectivity index (χ0v) is 40.1. The van der Waals surface area contributed by atoms with Crippen molar-refractivity contribution in [3.05, 3.63) is 118 Å². The third-order valence-corrected chi connectivity index (χ3v) is 16.4. The average Bonchev–Trinajstić information content (AvgIpc) is 3.95. The van der Waals surface area contributed by atoms with Crippen LogP contribution < -0.4 is 0 Å². The van der Waals surface area contributed by atoms with Crippen LogP contribution in [0, 0.1) is 0 Å². The van der Waals surface area contributed by atoms with Crippen molar-refractivity contribution in [3.8, 4) is 22.5 Å². The molecule has 2 aliphatic carbocycles. The molecule has 0 radical (unpaired) electrons. The Bertz CT molecular complexity index is 2730. The summed E-state index contributed by atoms with van der Waals surface area (Å²) < 4.78 is 15.5. The third-order valence-electron chi connectivity index (χ3n) is 16.4. The van der Waals surface area contributed by atoms with Gasteiger partial charge in [-0.1, -0.05) is 111 Å². The zero-order chi connectivity index (χ0) is 47.9. The van der Waals surface area contributed by atoms with E-state index in [1.807, 2.05) is 34.1 Å². The second-order valence-corrected chi connectivity index (χ2v) is 20.2. The van der Waals surface area contributed by atoms with Gasteiger partial charge in [0.05, 0.1) is 60.0 Å². The van der Waals surface area contributed by atoms with Crippen molar-refractivity contribution in [2.45, 2.75) is 114 Å². The zero-order valence-electron chi connectivity index (χ0n) is 40.1. The Hall–Kier alpha value is -6.24. The molecule has 6 heterocycles. The number of aryl methyl sites for hydroxylation is 2. The number of nitrogens with zero attached hydrogens (tertiary/aromatic N) is 4. The Morgan fingerprint density at radius 2 is 0.829 bits per heavy atom. The van der Waals surface area contributed by atoms with Crippen LogP contribution in [0.5, 0.6) is 0 Å². The van der Waals surface area contributed by atoms with Gasteiger partial charge < -0.3 is 38.6 Å². The summed E-state index contributed by atoms with van der Waals surface area (Å²) in [5.74, 6) is -0.694. The van der Waals surface area contributed by atoms with Crippen LogP contribution in [0.2, 0.25) is 0 Å². The van der Waals surface area contributed by atoms with Crippen LogP contribution in [-0.4, -0.2) is 106 Å². The van der Waals surface area contributed by atoms with Crippen molar-refractivity contribution in [2.24, 2.45) is 0 Å². The third kappa shape index (κ3) is 8.30. The maximum absolute atomic E-state index is 13.9. The molecule has 2 aromatic heterocycles. The summed E-state index contributed by atoms with van der Waals surface area (Å²) in [6.07, 6.45) is 14.3. The van der Waals surface area contributed by atoms with Crippen LogP contribution in [0.25, 0.3) is 44.3 Å². The summed E-state index contributed by atoms with van der Waals surface area (Å²) >= 11 is 0. The van der Waals surface area contributed by atoms with Crippen LogP contribution in [0.4, 0.5) is 0 Å². The van der Waals surface area contributed by atoms with Crippen molar-refractivity contribution >= 4 is 45.6 Å². The molecule has 4 aliphatic heterocycles. The van der Waals surface area contributed by atoms with Crippen molar-refractivity contribution in [1.29, 1.82) is 0 Å². The fourth-order valence-corrected chi connectivity index (χ4v) is 13.2. The number of aromatic carboxylic acids is 2. The molecule has 2 saturated heterocycles. The van der Waals surface area contributed by atoms with E-state index in [9.17, 15) is 29.4 Å². The van der Waals surface area contributed by atoms with E-state index < -0.39 is 11.9 Å². The molecular formula is C58H64N4O8. The van der Waals surface area contributed by atoms with Gasteiger partial charge in [-0.2, -0.15) is 0 Å². The molecule has 2 amide bonds. The SMILES string of the molecule is O=C(O)c1ccc2c(C3CCCCC3)c(-c3ccccc3)n3c2c1CC[C@@H]3C(=O)N1CCOCC1.O=C(O)c1ccc2c(C3CCCCC3)c(-c3ccccc3)n3c2c1CC[C@H]3C(=O)N1CCOCC1. The van der Waals surface area contributed by atoms with Gasteiger partial charge in [0.2, 0.25) is 11.8 Å². The highest BCUT2D eigenvalue weighted by Crippen LogP contribution is 2.51. The smallest absolute Gasteiger partial charge is 0.336 e. The van der Waals surface area contributed by atoms with E-state index in [1.165, 1.54) is 49.7 Å². The molecule has 12 rings (SSSR count). The molecule has 0 unspecified atom stereocenters. The van der Waals surface area contributed by atoms with Crippen LogP contribution in [0.3, 0.4) is 0 Å². The van der Waals surface area contributed by atoms with E-state index in [1.54, 1.807) is 12.1 Å². The number of carboxylic acid groups (broad SMARTS) is 2. The fourth-order valence-electron chi connectivity index (χ4n) is 13.2. The van der Waals surface area contributed by atoms with Gasteiger partial charge in [-0.05, 0) is 109 Å². The van der Waals surface area contributed by atoms with Crippen LogP contribution in [0.15, 0.2) is 84.9 Å². The number of carbonyl (C=O) groups excluding carboxylic acids is 2. The highest BCUT2D eigenvalue weighted by atomic mass is 16.5. The Kier molecular flexibility index (Phi) is 13.1. The van der Waals surface area contributed by atoms with Gasteiger partial charge in [0.15, 0.2) is 0 Å². The second kappa shape index (κ2) is 19.9. The van der Waals surface area contributed by atoms with E-state index in [0.717, 1.165) is 81.1 Å². The van der Waals surface area contributed by atoms with Gasteiger partial charge >= 0.3 is 11.9 Å². The summed E-state index contributed by atoms with van der Waals surface area (Å²) in [4.78, 5) is 56.1. The molecule has 2 saturated carbocycles. The molecule has 0 bridgehead atoms. The molecule has 2 N–H and O–H groups in total. The first-order chi connectivity index (χ1) is 34.3. The van der Waals surface area contributed by atoms with Crippen molar-refractivity contribution in [2.75, 3.05) is 52.6 Å². The molecule has 70 heavy (non-hydrogen) atoms. The maximum atomic E-state index is 13.9.